The Hall–Kier alpha value is -3.39. The van der Waals surface area contributed by atoms with Gasteiger partial charge in [-0.25, -0.2) is 0 Å². The summed E-state index contributed by atoms with van der Waals surface area (Å²) in [6.07, 6.45) is -3.06. The van der Waals surface area contributed by atoms with E-state index in [1.807, 2.05) is 0 Å². The lowest BCUT2D eigenvalue weighted by atomic mass is 10.2. The average Bonchev–Trinajstić information content (AvgIpc) is 3.21. The third kappa shape index (κ3) is 5.55. The Morgan fingerprint density at radius 3 is 2.34 bits per heavy atom. The predicted molar refractivity (Wildman–Crippen MR) is 106 cm³/mol. The topological polar surface area (TPSA) is 58.2 Å². The van der Waals surface area contributed by atoms with Gasteiger partial charge in [-0.1, -0.05) is 30.3 Å². The highest BCUT2D eigenvalue weighted by Gasteiger charge is 2.30. The van der Waals surface area contributed by atoms with Crippen LogP contribution in [0.4, 0.5) is 18.9 Å². The van der Waals surface area contributed by atoms with Gasteiger partial charge in [0.2, 0.25) is 0 Å². The molecule has 0 saturated heterocycles. The number of alkyl halides is 3. The van der Waals surface area contributed by atoms with E-state index in [-0.39, 0.29) is 11.4 Å². The van der Waals surface area contributed by atoms with Gasteiger partial charge < -0.3 is 10.6 Å². The molecule has 2 amide bonds. The summed E-state index contributed by atoms with van der Waals surface area (Å²) in [5.74, 6) is -1.24. The van der Waals surface area contributed by atoms with Crippen LogP contribution in [0.3, 0.4) is 0 Å². The monoisotopic (exact) mass is 416 g/mol. The van der Waals surface area contributed by atoms with Crippen LogP contribution in [0.5, 0.6) is 0 Å². The van der Waals surface area contributed by atoms with Crippen molar-refractivity contribution >= 4 is 34.9 Å². The molecule has 0 atom stereocenters. The first-order valence-corrected chi connectivity index (χ1v) is 9.31. The number of benzene rings is 2. The van der Waals surface area contributed by atoms with Gasteiger partial charge in [0.15, 0.2) is 0 Å². The average molecular weight is 416 g/mol. The molecule has 3 rings (SSSR count). The maximum atomic E-state index is 12.9. The zero-order chi connectivity index (χ0) is 20.9. The van der Waals surface area contributed by atoms with Gasteiger partial charge in [0.1, 0.15) is 5.70 Å². The lowest BCUT2D eigenvalue weighted by molar-refractivity contribution is -0.137. The van der Waals surface area contributed by atoms with E-state index in [0.29, 0.717) is 10.4 Å². The summed E-state index contributed by atoms with van der Waals surface area (Å²) in [6, 6.07) is 16.1. The highest BCUT2D eigenvalue weighted by Crippen LogP contribution is 2.30. The number of hydrogen-bond donors (Lipinski definition) is 2. The Morgan fingerprint density at radius 1 is 0.931 bits per heavy atom. The minimum atomic E-state index is -4.53. The molecule has 0 fully saturated rings. The van der Waals surface area contributed by atoms with E-state index in [4.69, 9.17) is 0 Å². The van der Waals surface area contributed by atoms with Crippen LogP contribution in [-0.4, -0.2) is 11.8 Å². The number of rotatable bonds is 5. The van der Waals surface area contributed by atoms with Gasteiger partial charge >= 0.3 is 6.18 Å². The van der Waals surface area contributed by atoms with Crippen molar-refractivity contribution in [2.75, 3.05) is 5.32 Å². The summed E-state index contributed by atoms with van der Waals surface area (Å²) < 4.78 is 38.7. The van der Waals surface area contributed by atoms with Crippen molar-refractivity contribution in [3.8, 4) is 0 Å². The highest BCUT2D eigenvalue weighted by atomic mass is 32.1. The number of halogens is 3. The fourth-order valence-electron chi connectivity index (χ4n) is 2.43. The summed E-state index contributed by atoms with van der Waals surface area (Å²) in [4.78, 5) is 25.8. The fraction of sp³-hybridized carbons (Fsp3) is 0.0476. The van der Waals surface area contributed by atoms with Gasteiger partial charge in [-0.3, -0.25) is 9.59 Å². The van der Waals surface area contributed by atoms with Crippen LogP contribution in [0.15, 0.2) is 77.8 Å². The highest BCUT2D eigenvalue weighted by molar-refractivity contribution is 7.10. The van der Waals surface area contributed by atoms with Crippen LogP contribution in [0.25, 0.3) is 6.08 Å². The van der Waals surface area contributed by atoms with Crippen LogP contribution in [0.2, 0.25) is 0 Å². The molecule has 0 spiro atoms. The summed E-state index contributed by atoms with van der Waals surface area (Å²) in [5.41, 5.74) is -0.654. The summed E-state index contributed by atoms with van der Waals surface area (Å²) in [6.45, 7) is 0. The van der Waals surface area contributed by atoms with Gasteiger partial charge in [0.25, 0.3) is 11.8 Å². The lowest BCUT2D eigenvalue weighted by Crippen LogP contribution is -2.30. The number of hydrogen-bond acceptors (Lipinski definition) is 3. The molecule has 3 aromatic rings. The molecule has 29 heavy (non-hydrogen) atoms. The molecule has 1 aromatic heterocycles. The third-order valence-electron chi connectivity index (χ3n) is 3.81. The summed E-state index contributed by atoms with van der Waals surface area (Å²) in [5, 5.41) is 6.74. The molecule has 148 valence electrons. The number of anilines is 1. The quantitative estimate of drug-likeness (QED) is 0.564. The first-order valence-electron chi connectivity index (χ1n) is 8.43. The Kier molecular flexibility index (Phi) is 6.13. The Morgan fingerprint density at radius 2 is 1.69 bits per heavy atom. The number of nitrogens with one attached hydrogen (secondary N) is 2. The number of thiophene rings is 1. The molecular formula is C21H15F3N2O2S. The SMILES string of the molecule is O=C(Nc1cccc(C(F)(F)F)c1)/C(=C\c1cccs1)NC(=O)c1ccccc1. The zero-order valence-electron chi connectivity index (χ0n) is 14.9. The molecule has 0 aliphatic heterocycles. The minimum Gasteiger partial charge on any atom is -0.321 e. The van der Waals surface area contributed by atoms with E-state index in [1.54, 1.807) is 47.8 Å². The second kappa shape index (κ2) is 8.74. The van der Waals surface area contributed by atoms with Crippen molar-refractivity contribution in [1.82, 2.24) is 5.32 Å². The maximum Gasteiger partial charge on any atom is 0.416 e. The summed E-state index contributed by atoms with van der Waals surface area (Å²) >= 11 is 1.35. The molecule has 0 unspecified atom stereocenters. The molecule has 1 heterocycles. The van der Waals surface area contributed by atoms with Gasteiger partial charge in [0.05, 0.1) is 5.56 Å². The van der Waals surface area contributed by atoms with Crippen molar-refractivity contribution in [2.45, 2.75) is 6.18 Å². The first kappa shape index (κ1) is 20.3. The third-order valence-corrected chi connectivity index (χ3v) is 4.63. The van der Waals surface area contributed by atoms with Gasteiger partial charge in [-0.15, -0.1) is 11.3 Å². The molecule has 2 N–H and O–H groups in total. The van der Waals surface area contributed by atoms with E-state index < -0.39 is 23.6 Å². The molecule has 8 heteroatoms. The Labute approximate surface area is 168 Å². The standard InChI is InChI=1S/C21H15F3N2O2S/c22-21(23,24)15-8-4-9-16(12-15)25-20(28)18(13-17-10-5-11-29-17)26-19(27)14-6-2-1-3-7-14/h1-13H,(H,25,28)(H,26,27)/b18-13+. The van der Waals surface area contributed by atoms with E-state index in [9.17, 15) is 22.8 Å². The fourth-order valence-corrected chi connectivity index (χ4v) is 3.09. The van der Waals surface area contributed by atoms with Gasteiger partial charge in [-0.2, -0.15) is 13.2 Å². The smallest absolute Gasteiger partial charge is 0.321 e. The van der Waals surface area contributed by atoms with E-state index in [1.165, 1.54) is 29.5 Å². The first-order chi connectivity index (χ1) is 13.8. The molecule has 0 radical (unpaired) electrons. The van der Waals surface area contributed by atoms with Crippen molar-refractivity contribution in [3.63, 3.8) is 0 Å². The van der Waals surface area contributed by atoms with Crippen LogP contribution in [0.1, 0.15) is 20.8 Å². The maximum absolute atomic E-state index is 12.9. The van der Waals surface area contributed by atoms with Crippen molar-refractivity contribution in [2.24, 2.45) is 0 Å². The molecule has 2 aromatic carbocycles. The van der Waals surface area contributed by atoms with E-state index >= 15 is 0 Å². The largest absolute Gasteiger partial charge is 0.416 e. The molecule has 0 bridgehead atoms. The Balaban J connectivity index is 1.84. The second-order valence-electron chi connectivity index (χ2n) is 5.93. The van der Waals surface area contributed by atoms with Gasteiger partial charge in [-0.05, 0) is 47.9 Å². The number of carbonyl (C=O) groups excluding carboxylic acids is 2. The number of amides is 2. The van der Waals surface area contributed by atoms with Crippen LogP contribution in [-0.2, 0) is 11.0 Å². The lowest BCUT2D eigenvalue weighted by Gasteiger charge is -2.12. The van der Waals surface area contributed by atoms with Crippen LogP contribution < -0.4 is 10.6 Å². The van der Waals surface area contributed by atoms with Crippen molar-refractivity contribution in [3.05, 3.63) is 93.8 Å². The summed E-state index contributed by atoms with van der Waals surface area (Å²) in [7, 11) is 0. The predicted octanol–water partition coefficient (Wildman–Crippen LogP) is 5.18. The molecule has 0 aliphatic carbocycles. The van der Waals surface area contributed by atoms with E-state index in [0.717, 1.165) is 12.1 Å². The molecule has 0 aliphatic rings. The number of carbonyl (C=O) groups is 2. The molecular weight excluding hydrogens is 401 g/mol. The normalized spacial score (nSPS) is 11.8. The minimum absolute atomic E-state index is 0.0316. The molecule has 0 saturated carbocycles. The van der Waals surface area contributed by atoms with Crippen molar-refractivity contribution < 1.29 is 22.8 Å². The molecule has 4 nitrogen and oxygen atoms in total. The van der Waals surface area contributed by atoms with Crippen molar-refractivity contribution in [1.29, 1.82) is 0 Å². The van der Waals surface area contributed by atoms with Gasteiger partial charge in [0, 0.05) is 16.1 Å². The van der Waals surface area contributed by atoms with Crippen LogP contribution >= 0.6 is 11.3 Å². The Bertz CT molecular complexity index is 1030. The zero-order valence-corrected chi connectivity index (χ0v) is 15.7. The second-order valence-corrected chi connectivity index (χ2v) is 6.91. The van der Waals surface area contributed by atoms with Crippen LogP contribution in [0, 0.1) is 0 Å². The van der Waals surface area contributed by atoms with E-state index in [2.05, 4.69) is 10.6 Å².